The van der Waals surface area contributed by atoms with Gasteiger partial charge in [-0.2, -0.15) is 4.98 Å². The molecule has 28 heavy (non-hydrogen) atoms. The Morgan fingerprint density at radius 1 is 1.25 bits per heavy atom. The normalized spacial score (nSPS) is 14.8. The molecule has 1 aliphatic rings. The summed E-state index contributed by atoms with van der Waals surface area (Å²) in [5, 5.41) is 3.84. The van der Waals surface area contributed by atoms with Crippen molar-refractivity contribution in [3.63, 3.8) is 0 Å². The summed E-state index contributed by atoms with van der Waals surface area (Å²) >= 11 is 0. The van der Waals surface area contributed by atoms with Crippen LogP contribution in [-0.2, 0) is 26.6 Å². The van der Waals surface area contributed by atoms with Gasteiger partial charge in [-0.05, 0) is 31.4 Å². The first-order valence-corrected chi connectivity index (χ1v) is 11.9. The molecule has 10 nitrogen and oxygen atoms in total. The van der Waals surface area contributed by atoms with E-state index in [0.29, 0.717) is 18.2 Å². The number of hydrogen-bond acceptors (Lipinski definition) is 8. The monoisotopic (exact) mass is 430 g/mol. The van der Waals surface area contributed by atoms with Crippen LogP contribution in [0.15, 0.2) is 27.6 Å². The van der Waals surface area contributed by atoms with Gasteiger partial charge in [-0.15, -0.1) is 0 Å². The Hall–Kier alpha value is -2.18. The fourth-order valence-electron chi connectivity index (χ4n) is 2.53. The molecule has 154 valence electrons. The van der Waals surface area contributed by atoms with Gasteiger partial charge >= 0.3 is 0 Å². The van der Waals surface area contributed by atoms with E-state index in [0.717, 1.165) is 12.8 Å². The molecule has 1 aromatic carbocycles. The highest BCUT2D eigenvalue weighted by atomic mass is 32.2. The quantitative estimate of drug-likeness (QED) is 0.579. The van der Waals surface area contributed by atoms with E-state index < -0.39 is 20.0 Å². The number of aromatic nitrogens is 2. The molecule has 0 amide bonds. The molecular formula is C16H22N4O6S2. The summed E-state index contributed by atoms with van der Waals surface area (Å²) in [5.41, 5.74) is 0.218. The molecule has 0 saturated heterocycles. The van der Waals surface area contributed by atoms with Crippen LogP contribution in [0, 0.1) is 0 Å². The van der Waals surface area contributed by atoms with Crippen LogP contribution in [0.5, 0.6) is 5.75 Å². The van der Waals surface area contributed by atoms with E-state index in [4.69, 9.17) is 9.26 Å². The SMILES string of the molecule is CCCS(=O)(=O)Nc1ccc(S(=O)(=O)NCc2nc(C3CC3)no2)c(OC)c1. The Balaban J connectivity index is 1.74. The second kappa shape index (κ2) is 8.05. The molecule has 2 aromatic rings. The zero-order chi connectivity index (χ0) is 20.4. The molecular weight excluding hydrogens is 408 g/mol. The Kier molecular flexibility index (Phi) is 5.91. The fourth-order valence-corrected chi connectivity index (χ4v) is 4.78. The number of nitrogens with one attached hydrogen (secondary N) is 2. The summed E-state index contributed by atoms with van der Waals surface area (Å²) < 4.78 is 64.0. The number of rotatable bonds is 10. The molecule has 12 heteroatoms. The lowest BCUT2D eigenvalue weighted by molar-refractivity contribution is 0.370. The molecule has 1 aliphatic carbocycles. The molecule has 0 unspecified atom stereocenters. The van der Waals surface area contributed by atoms with Gasteiger partial charge in [0.25, 0.3) is 0 Å². The van der Waals surface area contributed by atoms with Crippen molar-refractivity contribution in [2.75, 3.05) is 17.6 Å². The Morgan fingerprint density at radius 2 is 2.00 bits per heavy atom. The van der Waals surface area contributed by atoms with Crippen LogP contribution >= 0.6 is 0 Å². The van der Waals surface area contributed by atoms with E-state index in [9.17, 15) is 16.8 Å². The average Bonchev–Trinajstić information content (AvgIpc) is 3.37. The van der Waals surface area contributed by atoms with Gasteiger partial charge in [0.05, 0.1) is 25.1 Å². The predicted octanol–water partition coefficient (Wildman–Crippen LogP) is 1.59. The molecule has 1 saturated carbocycles. The Labute approximate surface area is 163 Å². The van der Waals surface area contributed by atoms with Crippen LogP contribution in [0.4, 0.5) is 5.69 Å². The van der Waals surface area contributed by atoms with Gasteiger partial charge in [0.1, 0.15) is 10.6 Å². The minimum Gasteiger partial charge on any atom is -0.495 e. The number of ether oxygens (including phenoxy) is 1. The number of anilines is 1. The second-order valence-electron chi connectivity index (χ2n) is 6.43. The molecule has 1 heterocycles. The summed E-state index contributed by atoms with van der Waals surface area (Å²) in [5.74, 6) is 1.04. The lowest BCUT2D eigenvalue weighted by Gasteiger charge is -2.13. The van der Waals surface area contributed by atoms with Crippen LogP contribution in [0.2, 0.25) is 0 Å². The number of benzene rings is 1. The van der Waals surface area contributed by atoms with Gasteiger partial charge in [-0.25, -0.2) is 21.6 Å². The van der Waals surface area contributed by atoms with Crippen molar-refractivity contribution in [1.82, 2.24) is 14.9 Å². The number of nitrogens with zero attached hydrogens (tertiary/aromatic N) is 2. The van der Waals surface area contributed by atoms with E-state index in [-0.39, 0.29) is 34.5 Å². The van der Waals surface area contributed by atoms with Crippen LogP contribution < -0.4 is 14.2 Å². The smallest absolute Gasteiger partial charge is 0.244 e. The third-order valence-electron chi connectivity index (χ3n) is 4.04. The minimum absolute atomic E-state index is 0.00777. The van der Waals surface area contributed by atoms with Crippen molar-refractivity contribution in [1.29, 1.82) is 0 Å². The fraction of sp³-hybridized carbons (Fsp3) is 0.500. The van der Waals surface area contributed by atoms with Gasteiger partial charge in [-0.3, -0.25) is 4.72 Å². The molecule has 1 aromatic heterocycles. The van der Waals surface area contributed by atoms with E-state index in [1.165, 1.54) is 25.3 Å². The highest BCUT2D eigenvalue weighted by Gasteiger charge is 2.29. The van der Waals surface area contributed by atoms with Gasteiger partial charge in [0.15, 0.2) is 5.82 Å². The van der Waals surface area contributed by atoms with E-state index in [1.54, 1.807) is 6.92 Å². The third-order valence-corrected chi connectivity index (χ3v) is 6.97. The summed E-state index contributed by atoms with van der Waals surface area (Å²) in [4.78, 5) is 4.04. The molecule has 2 N–H and O–H groups in total. The number of methoxy groups -OCH3 is 1. The number of hydrogen-bond donors (Lipinski definition) is 2. The maximum atomic E-state index is 12.6. The Bertz CT molecular complexity index is 1040. The topological polar surface area (TPSA) is 140 Å². The third kappa shape index (κ3) is 5.00. The summed E-state index contributed by atoms with van der Waals surface area (Å²) in [6.07, 6.45) is 2.48. The van der Waals surface area contributed by atoms with Crippen LogP contribution in [-0.4, -0.2) is 39.8 Å². The van der Waals surface area contributed by atoms with Crippen molar-refractivity contribution in [3.8, 4) is 5.75 Å². The second-order valence-corrected chi connectivity index (χ2v) is 10.0. The summed E-state index contributed by atoms with van der Waals surface area (Å²) in [6, 6.07) is 3.95. The number of sulfonamides is 2. The largest absolute Gasteiger partial charge is 0.495 e. The van der Waals surface area contributed by atoms with Crippen molar-refractivity contribution in [2.24, 2.45) is 0 Å². The molecule has 3 rings (SSSR count). The highest BCUT2D eigenvalue weighted by molar-refractivity contribution is 7.92. The minimum atomic E-state index is -3.95. The maximum absolute atomic E-state index is 12.6. The van der Waals surface area contributed by atoms with Gasteiger partial charge < -0.3 is 9.26 Å². The first-order valence-electron chi connectivity index (χ1n) is 8.75. The van der Waals surface area contributed by atoms with E-state index in [1.807, 2.05) is 0 Å². The maximum Gasteiger partial charge on any atom is 0.244 e. The predicted molar refractivity (Wildman–Crippen MR) is 101 cm³/mol. The van der Waals surface area contributed by atoms with Crippen molar-refractivity contribution in [2.45, 2.75) is 43.5 Å². The molecule has 0 atom stereocenters. The van der Waals surface area contributed by atoms with Crippen LogP contribution in [0.3, 0.4) is 0 Å². The van der Waals surface area contributed by atoms with Crippen molar-refractivity contribution >= 4 is 25.7 Å². The van der Waals surface area contributed by atoms with E-state index in [2.05, 4.69) is 19.6 Å². The molecule has 0 radical (unpaired) electrons. The first kappa shape index (κ1) is 20.6. The Morgan fingerprint density at radius 3 is 2.64 bits per heavy atom. The average molecular weight is 431 g/mol. The first-order chi connectivity index (χ1) is 13.2. The van der Waals surface area contributed by atoms with Crippen molar-refractivity contribution < 1.29 is 26.1 Å². The lowest BCUT2D eigenvalue weighted by atomic mass is 10.3. The summed E-state index contributed by atoms with van der Waals surface area (Å²) in [7, 11) is -6.15. The molecule has 0 bridgehead atoms. The lowest BCUT2D eigenvalue weighted by Crippen LogP contribution is -2.24. The van der Waals surface area contributed by atoms with Crippen molar-refractivity contribution in [3.05, 3.63) is 29.9 Å². The molecule has 1 fully saturated rings. The summed E-state index contributed by atoms with van der Waals surface area (Å²) in [6.45, 7) is 1.59. The van der Waals surface area contributed by atoms with Gasteiger partial charge in [0.2, 0.25) is 25.9 Å². The van der Waals surface area contributed by atoms with Crippen LogP contribution in [0.1, 0.15) is 43.8 Å². The zero-order valence-electron chi connectivity index (χ0n) is 15.5. The highest BCUT2D eigenvalue weighted by Crippen LogP contribution is 2.38. The molecule has 0 aliphatic heterocycles. The van der Waals surface area contributed by atoms with Gasteiger partial charge in [0, 0.05) is 12.0 Å². The van der Waals surface area contributed by atoms with Gasteiger partial charge in [-0.1, -0.05) is 12.1 Å². The zero-order valence-corrected chi connectivity index (χ0v) is 17.1. The molecule has 0 spiro atoms. The van der Waals surface area contributed by atoms with E-state index >= 15 is 0 Å². The van der Waals surface area contributed by atoms with Crippen LogP contribution in [0.25, 0.3) is 0 Å². The standard InChI is InChI=1S/C16H22N4O6S2/c1-3-8-27(21,22)20-12-6-7-14(13(9-12)25-2)28(23,24)17-10-15-18-16(19-26-15)11-4-5-11/h6-7,9,11,17,20H,3-5,8,10H2,1-2H3.